The van der Waals surface area contributed by atoms with Gasteiger partial charge < -0.3 is 5.32 Å². The number of carbonyl (C=O) groups excluding carboxylic acids is 1. The molecule has 8 heteroatoms. The van der Waals surface area contributed by atoms with Crippen molar-refractivity contribution in [3.8, 4) is 0 Å². The Kier molecular flexibility index (Phi) is 4.74. The van der Waals surface area contributed by atoms with Crippen LogP contribution in [0.15, 0.2) is 40.9 Å². The molecular weight excluding hydrogens is 334 g/mol. The Bertz CT molecular complexity index is 781. The minimum atomic E-state index is -3.38. The van der Waals surface area contributed by atoms with Gasteiger partial charge in [-0.2, -0.15) is 4.31 Å². The van der Waals surface area contributed by atoms with Gasteiger partial charge in [0.1, 0.15) is 4.21 Å². The van der Waals surface area contributed by atoms with E-state index in [9.17, 15) is 13.2 Å². The van der Waals surface area contributed by atoms with Gasteiger partial charge in [-0.25, -0.2) is 8.42 Å². The van der Waals surface area contributed by atoms with E-state index < -0.39 is 10.0 Å². The number of thiophene rings is 1. The summed E-state index contributed by atoms with van der Waals surface area (Å²) < 4.78 is 26.8. The maximum Gasteiger partial charge on any atom is 0.253 e. The van der Waals surface area contributed by atoms with Crippen molar-refractivity contribution in [2.24, 2.45) is 0 Å². The van der Waals surface area contributed by atoms with Gasteiger partial charge >= 0.3 is 0 Å². The number of aromatic nitrogens is 1. The Morgan fingerprint density at radius 1 is 1.26 bits per heavy atom. The van der Waals surface area contributed by atoms with E-state index in [0.717, 1.165) is 17.7 Å². The molecule has 2 aromatic heterocycles. The first-order valence-electron chi connectivity index (χ1n) is 7.34. The van der Waals surface area contributed by atoms with Crippen LogP contribution in [0.3, 0.4) is 0 Å². The zero-order valence-electron chi connectivity index (χ0n) is 12.4. The fraction of sp³-hybridized carbons (Fsp3) is 0.333. The zero-order chi connectivity index (χ0) is 16.3. The minimum Gasteiger partial charge on any atom is -0.347 e. The number of rotatable bonds is 5. The molecule has 1 amide bonds. The molecule has 1 fully saturated rings. The quantitative estimate of drug-likeness (QED) is 0.892. The molecule has 1 saturated heterocycles. The molecule has 2 aromatic rings. The summed E-state index contributed by atoms with van der Waals surface area (Å²) in [6, 6.07) is 6.74. The molecule has 0 radical (unpaired) electrons. The number of nitrogens with one attached hydrogen (secondary N) is 1. The van der Waals surface area contributed by atoms with Crippen LogP contribution in [0.5, 0.6) is 0 Å². The Morgan fingerprint density at radius 2 is 2.04 bits per heavy atom. The Balaban J connectivity index is 1.65. The zero-order valence-corrected chi connectivity index (χ0v) is 14.1. The second-order valence-electron chi connectivity index (χ2n) is 5.26. The molecule has 0 aliphatic carbocycles. The van der Waals surface area contributed by atoms with Crippen molar-refractivity contribution >= 4 is 27.3 Å². The van der Waals surface area contributed by atoms with E-state index in [1.54, 1.807) is 30.5 Å². The predicted octanol–water partition coefficient (Wildman–Crippen LogP) is 1.86. The summed E-state index contributed by atoms with van der Waals surface area (Å²) in [7, 11) is -3.38. The van der Waals surface area contributed by atoms with Gasteiger partial charge in [-0.15, -0.1) is 11.3 Å². The summed E-state index contributed by atoms with van der Waals surface area (Å²) in [5.74, 6) is -0.226. The maximum atomic E-state index is 12.4. The summed E-state index contributed by atoms with van der Waals surface area (Å²) >= 11 is 1.20. The predicted molar refractivity (Wildman–Crippen MR) is 87.7 cm³/mol. The standard InChI is InChI=1S/C15H17N3O3S2/c19-15(12-4-3-7-16-10-12)17-11-13-5-6-14(22-13)23(20,21)18-8-1-2-9-18/h3-7,10H,1-2,8-9,11H2,(H,17,19). The van der Waals surface area contributed by atoms with Crippen LogP contribution < -0.4 is 5.32 Å². The van der Waals surface area contributed by atoms with E-state index in [0.29, 0.717) is 29.4 Å². The van der Waals surface area contributed by atoms with Crippen molar-refractivity contribution in [2.45, 2.75) is 23.6 Å². The van der Waals surface area contributed by atoms with E-state index in [1.165, 1.54) is 21.8 Å². The van der Waals surface area contributed by atoms with E-state index in [-0.39, 0.29) is 5.91 Å². The molecule has 122 valence electrons. The van der Waals surface area contributed by atoms with Gasteiger partial charge in [0.25, 0.3) is 15.9 Å². The molecule has 1 N–H and O–H groups in total. The Hall–Kier alpha value is -1.77. The summed E-state index contributed by atoms with van der Waals surface area (Å²) in [5.41, 5.74) is 0.481. The van der Waals surface area contributed by atoms with Crippen LogP contribution >= 0.6 is 11.3 Å². The molecule has 3 heterocycles. The molecule has 0 saturated carbocycles. The third-order valence-electron chi connectivity index (χ3n) is 3.64. The Morgan fingerprint density at radius 3 is 2.74 bits per heavy atom. The number of pyridine rings is 1. The van der Waals surface area contributed by atoms with Crippen LogP contribution in [0.2, 0.25) is 0 Å². The summed E-state index contributed by atoms with van der Waals surface area (Å²) in [4.78, 5) is 16.7. The molecular formula is C15H17N3O3S2. The van der Waals surface area contributed by atoms with Gasteiger partial charge in [-0.1, -0.05) is 0 Å². The van der Waals surface area contributed by atoms with Crippen LogP contribution in [-0.2, 0) is 16.6 Å². The van der Waals surface area contributed by atoms with Gasteiger partial charge in [-0.3, -0.25) is 9.78 Å². The number of amides is 1. The lowest BCUT2D eigenvalue weighted by atomic mass is 10.3. The second kappa shape index (κ2) is 6.77. The van der Waals surface area contributed by atoms with Crippen molar-refractivity contribution in [2.75, 3.05) is 13.1 Å². The molecule has 1 aliphatic heterocycles. The number of nitrogens with zero attached hydrogens (tertiary/aromatic N) is 2. The lowest BCUT2D eigenvalue weighted by molar-refractivity contribution is 0.0951. The van der Waals surface area contributed by atoms with E-state index in [4.69, 9.17) is 0 Å². The van der Waals surface area contributed by atoms with Crippen molar-refractivity contribution in [1.29, 1.82) is 0 Å². The smallest absolute Gasteiger partial charge is 0.253 e. The van der Waals surface area contributed by atoms with Crippen LogP contribution in [0.4, 0.5) is 0 Å². The van der Waals surface area contributed by atoms with Gasteiger partial charge in [0.15, 0.2) is 0 Å². The molecule has 6 nitrogen and oxygen atoms in total. The average molecular weight is 351 g/mol. The first kappa shape index (κ1) is 16.1. The van der Waals surface area contributed by atoms with E-state index in [1.807, 2.05) is 0 Å². The van der Waals surface area contributed by atoms with Gasteiger partial charge in [0.05, 0.1) is 12.1 Å². The minimum absolute atomic E-state index is 0.226. The topological polar surface area (TPSA) is 79.4 Å². The third-order valence-corrected chi connectivity index (χ3v) is 7.09. The van der Waals surface area contributed by atoms with Crippen molar-refractivity contribution in [3.63, 3.8) is 0 Å². The summed E-state index contributed by atoms with van der Waals surface area (Å²) in [6.45, 7) is 1.48. The number of hydrogen-bond acceptors (Lipinski definition) is 5. The first-order chi connectivity index (χ1) is 11.1. The highest BCUT2D eigenvalue weighted by molar-refractivity contribution is 7.91. The lowest BCUT2D eigenvalue weighted by Gasteiger charge is -2.13. The Labute approximate surface area is 139 Å². The maximum absolute atomic E-state index is 12.4. The van der Waals surface area contributed by atoms with Gasteiger partial charge in [0, 0.05) is 30.4 Å². The van der Waals surface area contributed by atoms with Gasteiger partial charge in [0.2, 0.25) is 0 Å². The third kappa shape index (κ3) is 3.60. The number of hydrogen-bond donors (Lipinski definition) is 1. The van der Waals surface area contributed by atoms with E-state index in [2.05, 4.69) is 10.3 Å². The SMILES string of the molecule is O=C(NCc1ccc(S(=O)(=O)N2CCCC2)s1)c1cccnc1. The number of carbonyl (C=O) groups is 1. The average Bonchev–Trinajstić information content (AvgIpc) is 3.25. The van der Waals surface area contributed by atoms with Crippen LogP contribution in [0, 0.1) is 0 Å². The highest BCUT2D eigenvalue weighted by atomic mass is 32.2. The summed E-state index contributed by atoms with van der Waals surface area (Å²) in [6.07, 6.45) is 4.93. The monoisotopic (exact) mass is 351 g/mol. The fourth-order valence-electron chi connectivity index (χ4n) is 2.41. The molecule has 0 bridgehead atoms. The largest absolute Gasteiger partial charge is 0.347 e. The van der Waals surface area contributed by atoms with Crippen molar-refractivity contribution < 1.29 is 13.2 Å². The molecule has 0 aromatic carbocycles. The molecule has 23 heavy (non-hydrogen) atoms. The molecule has 0 atom stereocenters. The summed E-state index contributed by atoms with van der Waals surface area (Å²) in [5, 5.41) is 2.77. The number of sulfonamides is 1. The van der Waals surface area contributed by atoms with Crippen molar-refractivity contribution in [3.05, 3.63) is 47.1 Å². The highest BCUT2D eigenvalue weighted by Gasteiger charge is 2.28. The lowest BCUT2D eigenvalue weighted by Crippen LogP contribution is -2.27. The molecule has 1 aliphatic rings. The highest BCUT2D eigenvalue weighted by Crippen LogP contribution is 2.27. The van der Waals surface area contributed by atoms with E-state index >= 15 is 0 Å². The van der Waals surface area contributed by atoms with Crippen molar-refractivity contribution in [1.82, 2.24) is 14.6 Å². The second-order valence-corrected chi connectivity index (χ2v) is 8.59. The fourth-order valence-corrected chi connectivity index (χ4v) is 5.38. The molecule has 3 rings (SSSR count). The van der Waals surface area contributed by atoms with Crippen LogP contribution in [-0.4, -0.2) is 36.7 Å². The molecule has 0 spiro atoms. The molecule has 0 unspecified atom stereocenters. The van der Waals surface area contributed by atoms with Gasteiger partial charge in [-0.05, 0) is 37.1 Å². The van der Waals surface area contributed by atoms with Crippen LogP contribution in [0.25, 0.3) is 0 Å². The normalized spacial score (nSPS) is 15.7. The first-order valence-corrected chi connectivity index (χ1v) is 9.60. The van der Waals surface area contributed by atoms with Crippen LogP contribution in [0.1, 0.15) is 28.1 Å².